The molecule has 1 aliphatic heterocycles. The standard InChI is InChI=1S/C16H14ClFN4/c1-2-3-14-11(7-19)15(12-8-20-22-16(12)21-14)10-5-4-9(18)6-13(10)17/h4-6,8,11,15H,2-3H2,1H3,(H,20,22). The Labute approximate surface area is 132 Å². The van der Waals surface area contributed by atoms with E-state index in [2.05, 4.69) is 21.3 Å². The zero-order valence-electron chi connectivity index (χ0n) is 12.0. The first kappa shape index (κ1) is 14.7. The minimum atomic E-state index is -0.423. The quantitative estimate of drug-likeness (QED) is 0.914. The van der Waals surface area contributed by atoms with Gasteiger partial charge >= 0.3 is 0 Å². The fraction of sp³-hybridized carbons (Fsp3) is 0.312. The van der Waals surface area contributed by atoms with Crippen molar-refractivity contribution < 1.29 is 4.39 Å². The number of aromatic nitrogens is 2. The summed E-state index contributed by atoms with van der Waals surface area (Å²) in [5.74, 6) is -0.452. The van der Waals surface area contributed by atoms with Crippen LogP contribution in [0.1, 0.15) is 36.8 Å². The van der Waals surface area contributed by atoms with Gasteiger partial charge in [0.15, 0.2) is 5.82 Å². The third-order valence-electron chi connectivity index (χ3n) is 3.87. The predicted octanol–water partition coefficient (Wildman–Crippen LogP) is 4.36. The first-order valence-corrected chi connectivity index (χ1v) is 7.48. The molecule has 112 valence electrons. The second-order valence-corrected chi connectivity index (χ2v) is 5.68. The molecule has 0 amide bonds. The van der Waals surface area contributed by atoms with Gasteiger partial charge in [-0.15, -0.1) is 0 Å². The van der Waals surface area contributed by atoms with Crippen LogP contribution in [0.25, 0.3) is 0 Å². The number of aromatic amines is 1. The molecular formula is C16H14ClFN4. The van der Waals surface area contributed by atoms with E-state index in [1.807, 2.05) is 6.92 Å². The van der Waals surface area contributed by atoms with Crippen LogP contribution in [0.5, 0.6) is 0 Å². The van der Waals surface area contributed by atoms with Gasteiger partial charge in [-0.1, -0.05) is 31.0 Å². The number of fused-ring (bicyclic) bond motifs is 1. The zero-order valence-corrected chi connectivity index (χ0v) is 12.7. The highest BCUT2D eigenvalue weighted by Crippen LogP contribution is 2.44. The van der Waals surface area contributed by atoms with Gasteiger partial charge in [-0.25, -0.2) is 9.38 Å². The summed E-state index contributed by atoms with van der Waals surface area (Å²) >= 11 is 6.22. The van der Waals surface area contributed by atoms with E-state index < -0.39 is 11.7 Å². The molecule has 0 spiro atoms. The van der Waals surface area contributed by atoms with Crippen LogP contribution in [0, 0.1) is 23.1 Å². The highest BCUT2D eigenvalue weighted by molar-refractivity contribution is 6.31. The van der Waals surface area contributed by atoms with E-state index in [1.165, 1.54) is 12.1 Å². The lowest BCUT2D eigenvalue weighted by molar-refractivity contribution is 0.624. The Morgan fingerprint density at radius 1 is 1.41 bits per heavy atom. The molecule has 3 rings (SSSR count). The number of halogens is 2. The van der Waals surface area contributed by atoms with Gasteiger partial charge in [0.05, 0.1) is 18.2 Å². The SMILES string of the molecule is CCCC1=Nc2[nH]ncc2C(c2ccc(F)cc2Cl)C1C#N. The number of nitriles is 1. The van der Waals surface area contributed by atoms with Gasteiger partial charge in [0.1, 0.15) is 5.82 Å². The van der Waals surface area contributed by atoms with E-state index in [0.717, 1.165) is 29.7 Å². The van der Waals surface area contributed by atoms with Crippen molar-refractivity contribution in [1.29, 1.82) is 5.26 Å². The summed E-state index contributed by atoms with van der Waals surface area (Å²) in [5, 5.41) is 16.9. The Bertz CT molecular complexity index is 775. The van der Waals surface area contributed by atoms with Crippen molar-refractivity contribution in [2.45, 2.75) is 25.7 Å². The summed E-state index contributed by atoms with van der Waals surface area (Å²) in [6.45, 7) is 2.04. The van der Waals surface area contributed by atoms with E-state index in [-0.39, 0.29) is 5.92 Å². The third kappa shape index (κ3) is 2.40. The summed E-state index contributed by atoms with van der Waals surface area (Å²) in [4.78, 5) is 4.53. The molecule has 0 bridgehead atoms. The summed E-state index contributed by atoms with van der Waals surface area (Å²) in [5.41, 5.74) is 2.35. The van der Waals surface area contributed by atoms with Gasteiger partial charge in [-0.3, -0.25) is 5.10 Å². The maximum Gasteiger partial charge on any atom is 0.151 e. The van der Waals surface area contributed by atoms with Crippen LogP contribution in [-0.4, -0.2) is 15.9 Å². The molecule has 2 unspecified atom stereocenters. The van der Waals surface area contributed by atoms with Crippen molar-refractivity contribution in [3.8, 4) is 6.07 Å². The highest BCUT2D eigenvalue weighted by atomic mass is 35.5. The lowest BCUT2D eigenvalue weighted by atomic mass is 9.77. The van der Waals surface area contributed by atoms with Gasteiger partial charge in [-0.2, -0.15) is 10.4 Å². The average molecular weight is 317 g/mol. The zero-order chi connectivity index (χ0) is 15.7. The number of rotatable bonds is 3. The monoisotopic (exact) mass is 316 g/mol. The van der Waals surface area contributed by atoms with Crippen LogP contribution in [-0.2, 0) is 0 Å². The number of hydrogen-bond donors (Lipinski definition) is 1. The fourth-order valence-corrected chi connectivity index (χ4v) is 3.19. The molecule has 0 fully saturated rings. The number of benzene rings is 1. The Hall–Kier alpha value is -2.19. The number of hydrogen-bond acceptors (Lipinski definition) is 3. The topological polar surface area (TPSA) is 64.8 Å². The highest BCUT2D eigenvalue weighted by Gasteiger charge is 2.36. The van der Waals surface area contributed by atoms with Crippen molar-refractivity contribution >= 4 is 23.1 Å². The second-order valence-electron chi connectivity index (χ2n) is 5.28. The predicted molar refractivity (Wildman–Crippen MR) is 82.9 cm³/mol. The van der Waals surface area contributed by atoms with Crippen LogP contribution in [0.15, 0.2) is 29.4 Å². The van der Waals surface area contributed by atoms with Crippen LogP contribution in [0.4, 0.5) is 10.2 Å². The molecule has 0 saturated heterocycles. The maximum absolute atomic E-state index is 13.3. The van der Waals surface area contributed by atoms with Crippen molar-refractivity contribution in [2.75, 3.05) is 0 Å². The first-order chi connectivity index (χ1) is 10.7. The molecule has 22 heavy (non-hydrogen) atoms. The van der Waals surface area contributed by atoms with E-state index in [9.17, 15) is 9.65 Å². The second kappa shape index (κ2) is 5.90. The molecule has 1 N–H and O–H groups in total. The number of H-pyrrole nitrogens is 1. The maximum atomic E-state index is 13.3. The van der Waals surface area contributed by atoms with Gasteiger partial charge in [0.2, 0.25) is 0 Å². The minimum Gasteiger partial charge on any atom is -0.261 e. The molecule has 0 saturated carbocycles. The van der Waals surface area contributed by atoms with Gasteiger partial charge in [0, 0.05) is 22.2 Å². The van der Waals surface area contributed by atoms with Crippen LogP contribution >= 0.6 is 11.6 Å². The molecule has 4 nitrogen and oxygen atoms in total. The summed E-state index contributed by atoms with van der Waals surface area (Å²) in [6, 6.07) is 6.61. The number of nitrogens with one attached hydrogen (secondary N) is 1. The summed E-state index contributed by atoms with van der Waals surface area (Å²) < 4.78 is 13.3. The smallest absolute Gasteiger partial charge is 0.151 e. The molecule has 1 aromatic carbocycles. The summed E-state index contributed by atoms with van der Waals surface area (Å²) in [7, 11) is 0. The number of nitrogens with zero attached hydrogens (tertiary/aromatic N) is 3. The molecule has 2 heterocycles. The van der Waals surface area contributed by atoms with Crippen molar-refractivity contribution in [1.82, 2.24) is 10.2 Å². The molecule has 2 atom stereocenters. The van der Waals surface area contributed by atoms with Gasteiger partial charge < -0.3 is 0 Å². The van der Waals surface area contributed by atoms with E-state index in [0.29, 0.717) is 10.8 Å². The molecule has 0 aliphatic carbocycles. The van der Waals surface area contributed by atoms with E-state index in [4.69, 9.17) is 11.6 Å². The van der Waals surface area contributed by atoms with Crippen molar-refractivity contribution in [3.05, 3.63) is 46.4 Å². The van der Waals surface area contributed by atoms with Crippen molar-refractivity contribution in [2.24, 2.45) is 10.9 Å². The van der Waals surface area contributed by atoms with Crippen molar-refractivity contribution in [3.63, 3.8) is 0 Å². The van der Waals surface area contributed by atoms with E-state index in [1.54, 1.807) is 12.3 Å². The Morgan fingerprint density at radius 2 is 2.23 bits per heavy atom. The lowest BCUT2D eigenvalue weighted by Crippen LogP contribution is -2.25. The Morgan fingerprint density at radius 3 is 2.91 bits per heavy atom. The van der Waals surface area contributed by atoms with Crippen LogP contribution < -0.4 is 0 Å². The van der Waals surface area contributed by atoms with Gasteiger partial charge in [0.25, 0.3) is 0 Å². The molecule has 6 heteroatoms. The largest absolute Gasteiger partial charge is 0.261 e. The van der Waals surface area contributed by atoms with Crippen LogP contribution in [0.2, 0.25) is 5.02 Å². The summed E-state index contributed by atoms with van der Waals surface area (Å²) in [6.07, 6.45) is 3.28. The molecule has 0 radical (unpaired) electrons. The third-order valence-corrected chi connectivity index (χ3v) is 4.20. The Balaban J connectivity index is 2.16. The molecule has 1 aromatic heterocycles. The fourth-order valence-electron chi connectivity index (χ4n) is 2.91. The van der Waals surface area contributed by atoms with E-state index >= 15 is 0 Å². The number of aliphatic imine (C=N–C) groups is 1. The minimum absolute atomic E-state index is 0.286. The lowest BCUT2D eigenvalue weighted by Gasteiger charge is -2.27. The average Bonchev–Trinajstić information content (AvgIpc) is 2.94. The Kier molecular flexibility index (Phi) is 3.95. The molecular weight excluding hydrogens is 303 g/mol. The molecule has 2 aromatic rings. The molecule has 1 aliphatic rings. The first-order valence-electron chi connectivity index (χ1n) is 7.11. The normalized spacial score (nSPS) is 20.2. The van der Waals surface area contributed by atoms with Crippen LogP contribution in [0.3, 0.4) is 0 Å². The van der Waals surface area contributed by atoms with Gasteiger partial charge in [-0.05, 0) is 24.1 Å².